The number of esters is 1. The van der Waals surface area contributed by atoms with Crippen LogP contribution in [0.15, 0.2) is 30.3 Å². The van der Waals surface area contributed by atoms with E-state index in [0.29, 0.717) is 23.5 Å². The highest BCUT2D eigenvalue weighted by molar-refractivity contribution is 7.90. The third-order valence-electron chi connectivity index (χ3n) is 5.09. The largest absolute Gasteiger partial charge is 0.465 e. The van der Waals surface area contributed by atoms with E-state index < -0.39 is 27.8 Å². The molecule has 1 N–H and O–H groups in total. The SMILES string of the molecule is CCOC(=O)N1CCc2c(sc(NC(=O)CCS(=O)(=O)Cc3ccccc3)c2C(=O)OC)C1. The zero-order valence-corrected chi connectivity index (χ0v) is 20.1. The summed E-state index contributed by atoms with van der Waals surface area (Å²) in [5.74, 6) is -1.57. The van der Waals surface area contributed by atoms with Crippen LogP contribution in [0.5, 0.6) is 0 Å². The molecular formula is C22H26N2O7S2. The summed E-state index contributed by atoms with van der Waals surface area (Å²) in [7, 11) is -2.23. The second-order valence-electron chi connectivity index (χ2n) is 7.45. The Hall–Kier alpha value is -2.92. The standard InChI is InChI=1S/C22H26N2O7S2/c1-3-31-22(27)24-11-9-16-17(13-24)32-20(19(16)21(26)30-2)23-18(25)10-12-33(28,29)14-15-7-5-4-6-8-15/h4-8H,3,9-14H2,1-2H3,(H,23,25). The number of anilines is 1. The summed E-state index contributed by atoms with van der Waals surface area (Å²) in [4.78, 5) is 39.3. The van der Waals surface area contributed by atoms with Gasteiger partial charge in [-0.05, 0) is 24.5 Å². The molecule has 0 atom stereocenters. The summed E-state index contributed by atoms with van der Waals surface area (Å²) >= 11 is 1.18. The summed E-state index contributed by atoms with van der Waals surface area (Å²) in [6.45, 7) is 2.61. The molecule has 0 unspecified atom stereocenters. The first-order valence-corrected chi connectivity index (χ1v) is 13.1. The number of nitrogens with one attached hydrogen (secondary N) is 1. The van der Waals surface area contributed by atoms with Gasteiger partial charge in [0.15, 0.2) is 9.84 Å². The van der Waals surface area contributed by atoms with Crippen molar-refractivity contribution in [1.82, 2.24) is 4.90 Å². The van der Waals surface area contributed by atoms with Gasteiger partial charge < -0.3 is 19.7 Å². The molecule has 2 heterocycles. The van der Waals surface area contributed by atoms with Crippen LogP contribution in [0.25, 0.3) is 0 Å². The molecule has 1 aromatic heterocycles. The summed E-state index contributed by atoms with van der Waals surface area (Å²) in [6.07, 6.45) is -0.269. The Bertz CT molecular complexity index is 1130. The van der Waals surface area contributed by atoms with Gasteiger partial charge in [0.05, 0.1) is 37.3 Å². The highest BCUT2D eigenvalue weighted by atomic mass is 32.2. The maximum atomic E-state index is 12.5. The van der Waals surface area contributed by atoms with E-state index in [0.717, 1.165) is 10.4 Å². The van der Waals surface area contributed by atoms with E-state index in [1.807, 2.05) is 0 Å². The first-order chi connectivity index (χ1) is 15.7. The number of hydrogen-bond donors (Lipinski definition) is 1. The molecule has 3 rings (SSSR count). The molecule has 1 aliphatic heterocycles. The Labute approximate surface area is 196 Å². The van der Waals surface area contributed by atoms with E-state index in [-0.39, 0.29) is 36.6 Å². The molecule has 1 aliphatic rings. The zero-order valence-electron chi connectivity index (χ0n) is 18.5. The van der Waals surface area contributed by atoms with Crippen molar-refractivity contribution in [3.05, 3.63) is 51.9 Å². The lowest BCUT2D eigenvalue weighted by molar-refractivity contribution is -0.115. The number of fused-ring (bicyclic) bond motifs is 1. The maximum Gasteiger partial charge on any atom is 0.410 e. The Morgan fingerprint density at radius 3 is 2.58 bits per heavy atom. The van der Waals surface area contributed by atoms with Gasteiger partial charge in [-0.25, -0.2) is 18.0 Å². The molecule has 33 heavy (non-hydrogen) atoms. The van der Waals surface area contributed by atoms with Crippen molar-refractivity contribution >= 4 is 44.1 Å². The number of ether oxygens (including phenoxy) is 2. The minimum absolute atomic E-state index is 0.147. The van der Waals surface area contributed by atoms with Crippen LogP contribution in [-0.4, -0.2) is 57.3 Å². The van der Waals surface area contributed by atoms with Crippen LogP contribution in [-0.2, 0) is 42.8 Å². The van der Waals surface area contributed by atoms with E-state index in [1.54, 1.807) is 37.3 Å². The monoisotopic (exact) mass is 494 g/mol. The van der Waals surface area contributed by atoms with Crippen molar-refractivity contribution < 1.29 is 32.3 Å². The van der Waals surface area contributed by atoms with Crippen LogP contribution >= 0.6 is 11.3 Å². The predicted molar refractivity (Wildman–Crippen MR) is 124 cm³/mol. The molecule has 0 radical (unpaired) electrons. The van der Waals surface area contributed by atoms with Crippen molar-refractivity contribution in [3.8, 4) is 0 Å². The number of sulfone groups is 1. The average Bonchev–Trinajstić information content (AvgIpc) is 3.14. The highest BCUT2D eigenvalue weighted by Crippen LogP contribution is 2.37. The Kier molecular flexibility index (Phi) is 8.09. The minimum atomic E-state index is -3.48. The second kappa shape index (κ2) is 10.8. The molecule has 9 nitrogen and oxygen atoms in total. The van der Waals surface area contributed by atoms with Crippen LogP contribution in [0, 0.1) is 0 Å². The molecule has 0 saturated heterocycles. The van der Waals surface area contributed by atoms with Gasteiger partial charge in [-0.2, -0.15) is 0 Å². The van der Waals surface area contributed by atoms with E-state index in [9.17, 15) is 22.8 Å². The number of carbonyl (C=O) groups excluding carboxylic acids is 3. The average molecular weight is 495 g/mol. The van der Waals surface area contributed by atoms with Crippen LogP contribution in [0.1, 0.15) is 39.7 Å². The summed E-state index contributed by atoms with van der Waals surface area (Å²) < 4.78 is 34.7. The van der Waals surface area contributed by atoms with Crippen molar-refractivity contribution in [2.75, 3.05) is 31.3 Å². The maximum absolute atomic E-state index is 12.5. The predicted octanol–water partition coefficient (Wildman–Crippen LogP) is 2.99. The first-order valence-electron chi connectivity index (χ1n) is 10.4. The fourth-order valence-electron chi connectivity index (χ4n) is 3.52. The van der Waals surface area contributed by atoms with Gasteiger partial charge in [0.2, 0.25) is 5.91 Å². The normalized spacial score (nSPS) is 13.2. The molecule has 2 amide bonds. The fourth-order valence-corrected chi connectivity index (χ4v) is 6.13. The van der Waals surface area contributed by atoms with Gasteiger partial charge in [0, 0.05) is 17.8 Å². The molecular weight excluding hydrogens is 468 g/mol. The first kappa shape index (κ1) is 24.7. The van der Waals surface area contributed by atoms with Crippen LogP contribution < -0.4 is 5.32 Å². The molecule has 0 spiro atoms. The zero-order chi connectivity index (χ0) is 24.0. The molecule has 2 aromatic rings. The Morgan fingerprint density at radius 1 is 1.18 bits per heavy atom. The lowest BCUT2D eigenvalue weighted by Crippen LogP contribution is -2.36. The number of carbonyl (C=O) groups is 3. The Balaban J connectivity index is 1.70. The summed E-state index contributed by atoms with van der Waals surface area (Å²) in [5.41, 5.74) is 1.63. The number of amides is 2. The topological polar surface area (TPSA) is 119 Å². The number of nitrogens with zero attached hydrogens (tertiary/aromatic N) is 1. The van der Waals surface area contributed by atoms with Crippen molar-refractivity contribution in [2.45, 2.75) is 32.1 Å². The van der Waals surface area contributed by atoms with Crippen molar-refractivity contribution in [3.63, 3.8) is 0 Å². The third kappa shape index (κ3) is 6.32. The molecule has 11 heteroatoms. The van der Waals surface area contributed by atoms with E-state index >= 15 is 0 Å². The molecule has 0 fully saturated rings. The lowest BCUT2D eigenvalue weighted by Gasteiger charge is -2.26. The fraction of sp³-hybridized carbons (Fsp3) is 0.409. The van der Waals surface area contributed by atoms with Crippen LogP contribution in [0.4, 0.5) is 9.80 Å². The number of rotatable bonds is 8. The molecule has 1 aromatic carbocycles. The second-order valence-corrected chi connectivity index (χ2v) is 10.7. The van der Waals surface area contributed by atoms with E-state index in [2.05, 4.69) is 5.32 Å². The number of thiophene rings is 1. The lowest BCUT2D eigenvalue weighted by atomic mass is 10.0. The third-order valence-corrected chi connectivity index (χ3v) is 7.83. The van der Waals surface area contributed by atoms with Crippen LogP contribution in [0.2, 0.25) is 0 Å². The summed E-state index contributed by atoms with van der Waals surface area (Å²) in [6, 6.07) is 8.75. The van der Waals surface area contributed by atoms with Gasteiger partial charge in [-0.1, -0.05) is 30.3 Å². The van der Waals surface area contributed by atoms with Crippen molar-refractivity contribution in [1.29, 1.82) is 0 Å². The Morgan fingerprint density at radius 2 is 1.91 bits per heavy atom. The quantitative estimate of drug-likeness (QED) is 0.560. The molecule has 0 bridgehead atoms. The van der Waals surface area contributed by atoms with Gasteiger partial charge >= 0.3 is 12.1 Å². The van der Waals surface area contributed by atoms with Crippen LogP contribution in [0.3, 0.4) is 0 Å². The molecule has 0 aliphatic carbocycles. The van der Waals surface area contributed by atoms with Gasteiger partial charge in [-0.15, -0.1) is 11.3 Å². The van der Waals surface area contributed by atoms with Crippen molar-refractivity contribution in [2.24, 2.45) is 0 Å². The van der Waals surface area contributed by atoms with Gasteiger partial charge in [0.25, 0.3) is 0 Å². The van der Waals surface area contributed by atoms with E-state index in [4.69, 9.17) is 9.47 Å². The summed E-state index contributed by atoms with van der Waals surface area (Å²) in [5, 5.41) is 2.96. The van der Waals surface area contributed by atoms with Gasteiger partial charge in [-0.3, -0.25) is 4.79 Å². The number of methoxy groups -OCH3 is 1. The smallest absolute Gasteiger partial charge is 0.410 e. The molecule has 178 valence electrons. The number of benzene rings is 1. The number of hydrogen-bond acceptors (Lipinski definition) is 8. The minimum Gasteiger partial charge on any atom is -0.465 e. The molecule has 0 saturated carbocycles. The van der Waals surface area contributed by atoms with E-state index in [1.165, 1.54) is 23.3 Å². The van der Waals surface area contributed by atoms with Gasteiger partial charge in [0.1, 0.15) is 5.00 Å². The highest BCUT2D eigenvalue weighted by Gasteiger charge is 2.31.